The molecule has 1 heterocycles. The zero-order chi connectivity index (χ0) is 11.9. The Bertz CT molecular complexity index is 426. The lowest BCUT2D eigenvalue weighted by atomic mass is 9.96. The predicted octanol–water partition coefficient (Wildman–Crippen LogP) is 2.15. The van der Waals surface area contributed by atoms with Crippen molar-refractivity contribution in [2.45, 2.75) is 19.3 Å². The summed E-state index contributed by atoms with van der Waals surface area (Å²) < 4.78 is 0. The molecule has 1 unspecified atom stereocenters. The number of allylic oxidation sites excluding steroid dienone is 2. The maximum absolute atomic E-state index is 11.6. The smallest absolute Gasteiger partial charge is 0.267 e. The maximum atomic E-state index is 11.6. The SMILES string of the molecule is O=C(NN=CC1CC=CCC1)c1cccnc1. The highest BCUT2D eigenvalue weighted by atomic mass is 16.2. The molecule has 0 aromatic carbocycles. The summed E-state index contributed by atoms with van der Waals surface area (Å²) in [6, 6.07) is 3.44. The van der Waals surface area contributed by atoms with Gasteiger partial charge in [-0.1, -0.05) is 12.2 Å². The minimum absolute atomic E-state index is 0.222. The number of carbonyl (C=O) groups is 1. The molecule has 1 aromatic heterocycles. The zero-order valence-corrected chi connectivity index (χ0v) is 9.54. The molecule has 88 valence electrons. The molecule has 1 amide bonds. The number of nitrogens with one attached hydrogen (secondary N) is 1. The average molecular weight is 229 g/mol. The van der Waals surface area contributed by atoms with Crippen LogP contribution in [0.4, 0.5) is 0 Å². The first-order chi connectivity index (χ1) is 8.36. The van der Waals surface area contributed by atoms with Crippen molar-refractivity contribution in [3.63, 3.8) is 0 Å². The molecule has 0 radical (unpaired) electrons. The number of hydrogen-bond donors (Lipinski definition) is 1. The van der Waals surface area contributed by atoms with Gasteiger partial charge in [-0.3, -0.25) is 9.78 Å². The van der Waals surface area contributed by atoms with Gasteiger partial charge in [0.1, 0.15) is 0 Å². The van der Waals surface area contributed by atoms with E-state index in [4.69, 9.17) is 0 Å². The van der Waals surface area contributed by atoms with Gasteiger partial charge in [-0.15, -0.1) is 0 Å². The Morgan fingerprint density at radius 3 is 3.18 bits per heavy atom. The van der Waals surface area contributed by atoms with Crippen LogP contribution in [0.25, 0.3) is 0 Å². The average Bonchev–Trinajstić information content (AvgIpc) is 2.41. The molecule has 0 fully saturated rings. The van der Waals surface area contributed by atoms with Crippen LogP contribution in [0.2, 0.25) is 0 Å². The van der Waals surface area contributed by atoms with Crippen LogP contribution < -0.4 is 5.43 Å². The van der Waals surface area contributed by atoms with Gasteiger partial charge in [0.25, 0.3) is 5.91 Å². The van der Waals surface area contributed by atoms with Crippen molar-refractivity contribution in [2.24, 2.45) is 11.0 Å². The van der Waals surface area contributed by atoms with Crippen molar-refractivity contribution >= 4 is 12.1 Å². The lowest BCUT2D eigenvalue weighted by molar-refractivity contribution is 0.0954. The van der Waals surface area contributed by atoms with Crippen molar-refractivity contribution in [3.05, 3.63) is 42.2 Å². The molecule has 0 saturated heterocycles. The largest absolute Gasteiger partial charge is 0.272 e. The van der Waals surface area contributed by atoms with Crippen molar-refractivity contribution in [1.29, 1.82) is 0 Å². The van der Waals surface area contributed by atoms with Crippen LogP contribution in [0.1, 0.15) is 29.6 Å². The van der Waals surface area contributed by atoms with Crippen LogP contribution in [-0.2, 0) is 0 Å². The topological polar surface area (TPSA) is 54.4 Å². The highest BCUT2D eigenvalue weighted by Gasteiger charge is 2.07. The first-order valence-electron chi connectivity index (χ1n) is 5.75. The molecule has 1 aliphatic carbocycles. The summed E-state index contributed by atoms with van der Waals surface area (Å²) in [6.07, 6.45) is 12.5. The van der Waals surface area contributed by atoms with Crippen molar-refractivity contribution in [3.8, 4) is 0 Å². The third-order valence-corrected chi connectivity index (χ3v) is 2.68. The zero-order valence-electron chi connectivity index (χ0n) is 9.54. The van der Waals surface area contributed by atoms with Gasteiger partial charge in [-0.25, -0.2) is 5.43 Å². The highest BCUT2D eigenvalue weighted by molar-refractivity contribution is 5.93. The second-order valence-electron chi connectivity index (χ2n) is 4.01. The van der Waals surface area contributed by atoms with Gasteiger partial charge in [0.05, 0.1) is 5.56 Å². The molecule has 0 aliphatic heterocycles. The minimum atomic E-state index is -0.222. The van der Waals surface area contributed by atoms with E-state index in [1.54, 1.807) is 18.3 Å². The van der Waals surface area contributed by atoms with E-state index in [2.05, 4.69) is 27.7 Å². The summed E-state index contributed by atoms with van der Waals surface area (Å²) in [7, 11) is 0. The van der Waals surface area contributed by atoms with E-state index in [1.165, 1.54) is 6.20 Å². The summed E-state index contributed by atoms with van der Waals surface area (Å²) in [4.78, 5) is 15.5. The molecule has 1 aromatic rings. The third-order valence-electron chi connectivity index (χ3n) is 2.68. The molecule has 4 heteroatoms. The Balaban J connectivity index is 1.84. The Labute approximate surface area is 100 Å². The first kappa shape index (κ1) is 11.5. The van der Waals surface area contributed by atoms with Gasteiger partial charge in [-0.05, 0) is 37.3 Å². The number of hydrazone groups is 1. The molecule has 4 nitrogen and oxygen atoms in total. The van der Waals surface area contributed by atoms with Crippen LogP contribution in [0.3, 0.4) is 0 Å². The summed E-state index contributed by atoms with van der Waals surface area (Å²) in [6.45, 7) is 0. The molecule has 2 rings (SSSR count). The van der Waals surface area contributed by atoms with Crippen LogP contribution in [-0.4, -0.2) is 17.1 Å². The number of nitrogens with zero attached hydrogens (tertiary/aromatic N) is 2. The van der Waals surface area contributed by atoms with Crippen molar-refractivity contribution < 1.29 is 4.79 Å². The predicted molar refractivity (Wildman–Crippen MR) is 66.7 cm³/mol. The number of rotatable bonds is 3. The molecule has 1 aliphatic rings. The second kappa shape index (κ2) is 5.94. The van der Waals surface area contributed by atoms with Gasteiger partial charge < -0.3 is 0 Å². The second-order valence-corrected chi connectivity index (χ2v) is 4.01. The molecule has 1 atom stereocenters. The van der Waals surface area contributed by atoms with E-state index in [0.29, 0.717) is 11.5 Å². The first-order valence-corrected chi connectivity index (χ1v) is 5.75. The molecule has 1 N–H and O–H groups in total. The van der Waals surface area contributed by atoms with Crippen LogP contribution in [0, 0.1) is 5.92 Å². The van der Waals surface area contributed by atoms with Gasteiger partial charge in [0, 0.05) is 18.6 Å². The Morgan fingerprint density at radius 1 is 1.53 bits per heavy atom. The van der Waals surface area contributed by atoms with Gasteiger partial charge in [0.2, 0.25) is 0 Å². The van der Waals surface area contributed by atoms with Crippen LogP contribution in [0.5, 0.6) is 0 Å². The number of aromatic nitrogens is 1. The fourth-order valence-corrected chi connectivity index (χ4v) is 1.72. The van der Waals surface area contributed by atoms with Gasteiger partial charge >= 0.3 is 0 Å². The molecular formula is C13H15N3O. The van der Waals surface area contributed by atoms with E-state index >= 15 is 0 Å². The Morgan fingerprint density at radius 2 is 2.47 bits per heavy atom. The fraction of sp³-hybridized carbons (Fsp3) is 0.308. The normalized spacial score (nSPS) is 19.4. The van der Waals surface area contributed by atoms with Gasteiger partial charge in [0.15, 0.2) is 0 Å². The Hall–Kier alpha value is -1.97. The monoisotopic (exact) mass is 229 g/mol. The van der Waals surface area contributed by atoms with E-state index in [9.17, 15) is 4.79 Å². The summed E-state index contributed by atoms with van der Waals surface area (Å²) in [5, 5.41) is 3.99. The van der Waals surface area contributed by atoms with E-state index in [1.807, 2.05) is 6.21 Å². The van der Waals surface area contributed by atoms with Gasteiger partial charge in [-0.2, -0.15) is 5.10 Å². The van der Waals surface area contributed by atoms with E-state index < -0.39 is 0 Å². The molecule has 0 bridgehead atoms. The lowest BCUT2D eigenvalue weighted by Crippen LogP contribution is -2.18. The summed E-state index contributed by atoms with van der Waals surface area (Å²) >= 11 is 0. The van der Waals surface area contributed by atoms with E-state index in [-0.39, 0.29) is 5.91 Å². The minimum Gasteiger partial charge on any atom is -0.267 e. The standard InChI is InChI=1S/C13H15N3O/c17-13(12-7-4-8-14-10-12)16-15-9-11-5-2-1-3-6-11/h1-2,4,7-11H,3,5-6H2,(H,16,17). The number of hydrogen-bond acceptors (Lipinski definition) is 3. The van der Waals surface area contributed by atoms with Crippen LogP contribution >= 0.6 is 0 Å². The van der Waals surface area contributed by atoms with Crippen molar-refractivity contribution in [2.75, 3.05) is 0 Å². The maximum Gasteiger partial charge on any atom is 0.272 e. The summed E-state index contributed by atoms with van der Waals surface area (Å²) in [5.41, 5.74) is 3.03. The lowest BCUT2D eigenvalue weighted by Gasteiger charge is -2.11. The molecule has 0 spiro atoms. The van der Waals surface area contributed by atoms with E-state index in [0.717, 1.165) is 19.3 Å². The van der Waals surface area contributed by atoms with Crippen molar-refractivity contribution in [1.82, 2.24) is 10.4 Å². The molecular weight excluding hydrogens is 214 g/mol. The Kier molecular flexibility index (Phi) is 4.02. The summed E-state index contributed by atoms with van der Waals surface area (Å²) in [5.74, 6) is 0.217. The molecule has 0 saturated carbocycles. The third kappa shape index (κ3) is 3.52. The highest BCUT2D eigenvalue weighted by Crippen LogP contribution is 2.15. The molecule has 17 heavy (non-hydrogen) atoms. The number of pyridine rings is 1. The number of amides is 1. The van der Waals surface area contributed by atoms with Crippen LogP contribution in [0.15, 0.2) is 41.8 Å². The quantitative estimate of drug-likeness (QED) is 0.490. The fourth-order valence-electron chi connectivity index (χ4n) is 1.72. The number of carbonyl (C=O) groups excluding carboxylic acids is 1.